The summed E-state index contributed by atoms with van der Waals surface area (Å²) in [5.41, 5.74) is -1.02. The quantitative estimate of drug-likeness (QED) is 0.769. The van der Waals surface area contributed by atoms with Gasteiger partial charge in [-0.1, -0.05) is 13.8 Å². The van der Waals surface area contributed by atoms with Crippen LogP contribution in [-0.4, -0.2) is 15.6 Å². The van der Waals surface area contributed by atoms with Crippen LogP contribution in [0.4, 0.5) is 13.2 Å². The first-order valence-corrected chi connectivity index (χ1v) is 5.32. The highest BCUT2D eigenvalue weighted by molar-refractivity contribution is 5.92. The Morgan fingerprint density at radius 3 is 2.24 bits per heavy atom. The lowest BCUT2D eigenvalue weighted by Crippen LogP contribution is -2.18. The van der Waals surface area contributed by atoms with Crippen molar-refractivity contribution in [3.63, 3.8) is 0 Å². The highest BCUT2D eigenvalue weighted by Crippen LogP contribution is 2.30. The zero-order valence-electron chi connectivity index (χ0n) is 10.2. The van der Waals surface area contributed by atoms with Crippen molar-refractivity contribution in [3.8, 4) is 0 Å². The molecule has 1 atom stereocenters. The first kappa shape index (κ1) is 13.7. The molecule has 1 aromatic heterocycles. The van der Waals surface area contributed by atoms with E-state index >= 15 is 0 Å². The fourth-order valence-corrected chi connectivity index (χ4v) is 1.39. The third-order valence-corrected chi connectivity index (χ3v) is 2.74. The van der Waals surface area contributed by atoms with Gasteiger partial charge < -0.3 is 0 Å². The van der Waals surface area contributed by atoms with Gasteiger partial charge in [-0.3, -0.25) is 9.48 Å². The van der Waals surface area contributed by atoms with Gasteiger partial charge in [0.1, 0.15) is 5.69 Å². The first-order valence-electron chi connectivity index (χ1n) is 5.32. The zero-order valence-corrected chi connectivity index (χ0v) is 10.2. The summed E-state index contributed by atoms with van der Waals surface area (Å²) in [6.07, 6.45) is -4.52. The second-order valence-corrected chi connectivity index (χ2v) is 4.40. The van der Waals surface area contributed by atoms with Gasteiger partial charge in [0.25, 0.3) is 0 Å². The maximum Gasteiger partial charge on any atom is 0.435 e. The Balaban J connectivity index is 3.29. The van der Waals surface area contributed by atoms with E-state index in [0.29, 0.717) is 0 Å². The maximum atomic E-state index is 12.5. The van der Waals surface area contributed by atoms with Crippen molar-refractivity contribution in [2.45, 2.75) is 39.9 Å². The summed E-state index contributed by atoms with van der Waals surface area (Å²) in [6, 6.07) is 0.547. The van der Waals surface area contributed by atoms with Crippen molar-refractivity contribution >= 4 is 5.78 Å². The molecule has 0 saturated heterocycles. The number of Topliss-reactive ketones (excluding diaryl/α,β-unsaturated/α-hetero) is 1. The number of halogens is 3. The molecule has 0 radical (unpaired) electrons. The summed E-state index contributed by atoms with van der Waals surface area (Å²) < 4.78 is 38.7. The van der Waals surface area contributed by atoms with E-state index in [-0.39, 0.29) is 17.7 Å². The number of alkyl halides is 3. The Kier molecular flexibility index (Phi) is 3.64. The predicted molar refractivity (Wildman–Crippen MR) is 56.8 cm³/mol. The Labute approximate surface area is 97.6 Å². The molecule has 3 nitrogen and oxygen atoms in total. The molecule has 0 saturated carbocycles. The van der Waals surface area contributed by atoms with E-state index in [1.807, 2.05) is 13.8 Å². The zero-order chi connectivity index (χ0) is 13.4. The molecule has 1 unspecified atom stereocenters. The summed E-state index contributed by atoms with van der Waals surface area (Å²) >= 11 is 0. The van der Waals surface area contributed by atoms with Gasteiger partial charge in [0.05, 0.1) is 6.04 Å². The van der Waals surface area contributed by atoms with Gasteiger partial charge in [-0.2, -0.15) is 18.3 Å². The highest BCUT2D eigenvalue weighted by Gasteiger charge is 2.36. The van der Waals surface area contributed by atoms with Crippen LogP contribution in [0.5, 0.6) is 0 Å². The van der Waals surface area contributed by atoms with E-state index in [1.165, 1.54) is 6.92 Å². The van der Waals surface area contributed by atoms with Crippen LogP contribution in [0.1, 0.15) is 49.9 Å². The first-order chi connectivity index (χ1) is 7.64. The molecule has 1 aromatic rings. The molecule has 96 valence electrons. The van der Waals surface area contributed by atoms with Crippen LogP contribution >= 0.6 is 0 Å². The lowest BCUT2D eigenvalue weighted by molar-refractivity contribution is -0.141. The maximum absolute atomic E-state index is 12.5. The van der Waals surface area contributed by atoms with Gasteiger partial charge in [-0.15, -0.1) is 0 Å². The number of hydrogen-bond acceptors (Lipinski definition) is 2. The fourth-order valence-electron chi connectivity index (χ4n) is 1.39. The molecule has 0 aliphatic rings. The summed E-state index contributed by atoms with van der Waals surface area (Å²) in [4.78, 5) is 11.3. The van der Waals surface area contributed by atoms with Gasteiger partial charge in [0.15, 0.2) is 11.5 Å². The predicted octanol–water partition coefficient (Wildman–Crippen LogP) is 3.32. The number of carbonyl (C=O) groups excluding carboxylic acids is 1. The van der Waals surface area contributed by atoms with Crippen LogP contribution in [0.25, 0.3) is 0 Å². The number of carbonyl (C=O) groups is 1. The van der Waals surface area contributed by atoms with Gasteiger partial charge in [0.2, 0.25) is 0 Å². The minimum absolute atomic E-state index is 0.00137. The molecule has 6 heteroatoms. The van der Waals surface area contributed by atoms with Crippen molar-refractivity contribution in [1.82, 2.24) is 9.78 Å². The van der Waals surface area contributed by atoms with Crippen LogP contribution in [0, 0.1) is 5.92 Å². The Morgan fingerprint density at radius 1 is 1.35 bits per heavy atom. The number of nitrogens with zero attached hydrogens (tertiary/aromatic N) is 2. The second-order valence-electron chi connectivity index (χ2n) is 4.40. The van der Waals surface area contributed by atoms with Crippen molar-refractivity contribution in [3.05, 3.63) is 17.5 Å². The molecular formula is C11H15F3N2O. The van der Waals surface area contributed by atoms with Crippen LogP contribution < -0.4 is 0 Å². The van der Waals surface area contributed by atoms with Crippen molar-refractivity contribution < 1.29 is 18.0 Å². The monoisotopic (exact) mass is 248 g/mol. The molecule has 0 amide bonds. The van der Waals surface area contributed by atoms with Gasteiger partial charge in [0, 0.05) is 6.92 Å². The number of aromatic nitrogens is 2. The summed E-state index contributed by atoms with van der Waals surface area (Å²) in [5.74, 6) is -0.324. The molecule has 0 bridgehead atoms. The van der Waals surface area contributed by atoms with Crippen LogP contribution in [0.15, 0.2) is 6.07 Å². The van der Waals surface area contributed by atoms with Crippen molar-refractivity contribution in [2.75, 3.05) is 0 Å². The molecule has 0 aliphatic heterocycles. The lowest BCUT2D eigenvalue weighted by atomic mass is 10.1. The van der Waals surface area contributed by atoms with E-state index in [0.717, 1.165) is 10.7 Å². The normalized spacial score (nSPS) is 14.1. The molecule has 17 heavy (non-hydrogen) atoms. The molecule has 0 fully saturated rings. The standard InChI is InChI=1S/C11H15F3N2O/c1-6(2)7(3)16-9(8(4)17)5-10(15-16)11(12,13)14/h5-7H,1-4H3. The SMILES string of the molecule is CC(=O)c1cc(C(F)(F)F)nn1C(C)C(C)C. The average molecular weight is 248 g/mol. The van der Waals surface area contributed by atoms with Gasteiger partial charge >= 0.3 is 6.18 Å². The summed E-state index contributed by atoms with van der Waals surface area (Å²) in [7, 11) is 0. The summed E-state index contributed by atoms with van der Waals surface area (Å²) in [6.45, 7) is 6.71. The topological polar surface area (TPSA) is 34.9 Å². The largest absolute Gasteiger partial charge is 0.435 e. The molecule has 1 heterocycles. The third-order valence-electron chi connectivity index (χ3n) is 2.74. The highest BCUT2D eigenvalue weighted by atomic mass is 19.4. The van der Waals surface area contributed by atoms with Gasteiger partial charge in [-0.25, -0.2) is 0 Å². The van der Waals surface area contributed by atoms with E-state index in [1.54, 1.807) is 6.92 Å². The van der Waals surface area contributed by atoms with E-state index in [4.69, 9.17) is 0 Å². The number of rotatable bonds is 3. The molecule has 0 N–H and O–H groups in total. The molecule has 0 spiro atoms. The Morgan fingerprint density at radius 2 is 1.88 bits per heavy atom. The van der Waals surface area contributed by atoms with Gasteiger partial charge in [-0.05, 0) is 18.9 Å². The summed E-state index contributed by atoms with van der Waals surface area (Å²) in [5, 5.41) is 3.49. The molecule has 0 aromatic carbocycles. The van der Waals surface area contributed by atoms with Crippen molar-refractivity contribution in [1.29, 1.82) is 0 Å². The molecule has 0 aliphatic carbocycles. The molecular weight excluding hydrogens is 233 g/mol. The number of ketones is 1. The smallest absolute Gasteiger partial charge is 0.293 e. The minimum Gasteiger partial charge on any atom is -0.293 e. The fraction of sp³-hybridized carbons (Fsp3) is 0.636. The average Bonchev–Trinajstić information content (AvgIpc) is 2.59. The van der Waals surface area contributed by atoms with E-state index < -0.39 is 17.7 Å². The second kappa shape index (κ2) is 4.50. The minimum atomic E-state index is -4.52. The van der Waals surface area contributed by atoms with Crippen LogP contribution in [0.3, 0.4) is 0 Å². The van der Waals surface area contributed by atoms with E-state index in [2.05, 4.69) is 5.10 Å². The Bertz CT molecular complexity index is 421. The lowest BCUT2D eigenvalue weighted by Gasteiger charge is -2.18. The van der Waals surface area contributed by atoms with E-state index in [9.17, 15) is 18.0 Å². The third kappa shape index (κ3) is 2.87. The van der Waals surface area contributed by atoms with Crippen LogP contribution in [-0.2, 0) is 6.18 Å². The number of hydrogen-bond donors (Lipinski definition) is 0. The molecule has 1 rings (SSSR count). The van der Waals surface area contributed by atoms with Crippen LogP contribution in [0.2, 0.25) is 0 Å². The Hall–Kier alpha value is -1.33. The van der Waals surface area contributed by atoms with Crippen molar-refractivity contribution in [2.24, 2.45) is 5.92 Å².